The Morgan fingerprint density at radius 1 is 0.614 bits per heavy atom. The van der Waals surface area contributed by atoms with Crippen molar-refractivity contribution in [2.75, 3.05) is 85.2 Å². The number of carbonyl (C=O) groups is 2. The maximum atomic E-state index is 13.5. The molecule has 10 rings (SSSR count). The van der Waals surface area contributed by atoms with E-state index in [1.165, 1.54) is 0 Å². The van der Waals surface area contributed by atoms with E-state index in [0.717, 1.165) is 95.9 Å². The Balaban J connectivity index is 0.000000157. The van der Waals surface area contributed by atoms with Gasteiger partial charge in [-0.05, 0) is 89.1 Å². The lowest BCUT2D eigenvalue weighted by Gasteiger charge is -2.40. The number of urea groups is 2. The van der Waals surface area contributed by atoms with E-state index in [2.05, 4.69) is 31.9 Å². The maximum absolute atomic E-state index is 13.5. The van der Waals surface area contributed by atoms with Crippen LogP contribution >= 0.6 is 12.4 Å². The van der Waals surface area contributed by atoms with Crippen LogP contribution in [0.1, 0.15) is 38.1 Å². The number of halogens is 1. The predicted molar refractivity (Wildman–Crippen MR) is 223 cm³/mol. The molecule has 0 unspecified atom stereocenters. The number of nitrogens with zero attached hydrogens (tertiary/aromatic N) is 10. The molecule has 4 amide bonds. The minimum Gasteiger partial charge on any atom is -0.375 e. The van der Waals surface area contributed by atoms with E-state index in [0.29, 0.717) is 39.4 Å². The monoisotopic (exact) mass is 794 g/mol. The second kappa shape index (κ2) is 16.1. The number of rotatable bonds is 2. The van der Waals surface area contributed by atoms with Gasteiger partial charge in [-0.1, -0.05) is 0 Å². The number of hydrogen-bond acceptors (Lipinski definition) is 10. The van der Waals surface area contributed by atoms with Crippen LogP contribution in [0.5, 0.6) is 0 Å². The molecule has 15 heteroatoms. The van der Waals surface area contributed by atoms with Crippen LogP contribution in [-0.2, 0) is 9.47 Å². The Labute approximate surface area is 340 Å². The van der Waals surface area contributed by atoms with Gasteiger partial charge in [-0.3, -0.25) is 19.8 Å². The molecule has 300 valence electrons. The maximum Gasteiger partial charge on any atom is 0.326 e. The van der Waals surface area contributed by atoms with Crippen molar-refractivity contribution in [1.29, 1.82) is 0 Å². The normalized spacial score (nSPS) is 23.3. The molecule has 4 aromatic rings. The molecular weight excluding hydrogens is 744 g/mol. The Morgan fingerprint density at radius 2 is 1.05 bits per heavy atom. The first-order chi connectivity index (χ1) is 27.2. The van der Waals surface area contributed by atoms with Gasteiger partial charge in [0.05, 0.1) is 60.3 Å². The summed E-state index contributed by atoms with van der Waals surface area (Å²) < 4.78 is 11.2. The SMILES string of the molecule is Cc1cc(-c2ccc3c(n2)N(C(=O)N2CCO[C@H](C)C2)[C@H]2CCN3C2)ccn1.Cc1cc(-c2ccc3c(n2)N(C(=O)N2CCO[C@H](C)C2)[C@H]2CCN3C2)ccn1.Cl. The van der Waals surface area contributed by atoms with Crippen LogP contribution in [0, 0.1) is 13.8 Å². The van der Waals surface area contributed by atoms with Crippen LogP contribution < -0.4 is 19.6 Å². The van der Waals surface area contributed by atoms with Crippen molar-refractivity contribution >= 4 is 47.5 Å². The van der Waals surface area contributed by atoms with Crippen LogP contribution in [0.15, 0.2) is 60.9 Å². The molecule has 0 aliphatic carbocycles. The molecule has 0 saturated carbocycles. The molecule has 14 nitrogen and oxygen atoms in total. The van der Waals surface area contributed by atoms with Crippen molar-refractivity contribution in [3.05, 3.63) is 72.3 Å². The number of morpholine rings is 2. The predicted octanol–water partition coefficient (Wildman–Crippen LogP) is 5.80. The zero-order valence-electron chi connectivity index (χ0n) is 33.1. The van der Waals surface area contributed by atoms with Crippen LogP contribution in [0.25, 0.3) is 22.5 Å². The first-order valence-corrected chi connectivity index (χ1v) is 20.0. The Bertz CT molecular complexity index is 1990. The van der Waals surface area contributed by atoms with E-state index < -0.39 is 0 Å². The molecule has 0 radical (unpaired) electrons. The fourth-order valence-corrected chi connectivity index (χ4v) is 8.93. The smallest absolute Gasteiger partial charge is 0.326 e. The highest BCUT2D eigenvalue weighted by Gasteiger charge is 2.44. The van der Waals surface area contributed by atoms with Crippen LogP contribution in [0.2, 0.25) is 0 Å². The molecule has 4 fully saturated rings. The quantitative estimate of drug-likeness (QED) is 0.246. The number of pyridine rings is 4. The van der Waals surface area contributed by atoms with Gasteiger partial charge in [-0.25, -0.2) is 19.6 Å². The number of aromatic nitrogens is 4. The zero-order chi connectivity index (χ0) is 38.5. The average molecular weight is 795 g/mol. The molecule has 4 atom stereocenters. The minimum absolute atomic E-state index is 0. The van der Waals surface area contributed by atoms with E-state index in [9.17, 15) is 9.59 Å². The van der Waals surface area contributed by atoms with Gasteiger partial charge in [-0.2, -0.15) is 0 Å². The lowest BCUT2D eigenvalue weighted by Crippen LogP contribution is -2.55. The third-order valence-electron chi connectivity index (χ3n) is 11.7. The number of amides is 4. The van der Waals surface area contributed by atoms with Crippen LogP contribution in [0.3, 0.4) is 0 Å². The summed E-state index contributed by atoms with van der Waals surface area (Å²) in [5.74, 6) is 1.56. The van der Waals surface area contributed by atoms with Gasteiger partial charge in [0.2, 0.25) is 0 Å². The largest absolute Gasteiger partial charge is 0.375 e. The highest BCUT2D eigenvalue weighted by Crippen LogP contribution is 2.42. The van der Waals surface area contributed by atoms with Crippen LogP contribution in [-0.4, -0.2) is 132 Å². The fraction of sp³-hybridized carbons (Fsp3) is 0.476. The molecule has 57 heavy (non-hydrogen) atoms. The summed E-state index contributed by atoms with van der Waals surface area (Å²) in [4.78, 5) is 57.8. The standard InChI is InChI=1S/2C21H25N5O2.ClH/c2*1-14-11-16(5-7-22-14)18-3-4-19-20(23-18)26(17-6-8-24(19)13-17)21(27)25-9-10-28-15(2)12-25;/h2*3-5,7,11,15,17H,6,8-10,12-13H2,1-2H3;1H/t2*15-,17+;/m11./s1. The summed E-state index contributed by atoms with van der Waals surface area (Å²) >= 11 is 0. The van der Waals surface area contributed by atoms with Crippen molar-refractivity contribution in [2.45, 2.75) is 64.8 Å². The summed E-state index contributed by atoms with van der Waals surface area (Å²) in [7, 11) is 0. The lowest BCUT2D eigenvalue weighted by atomic mass is 10.1. The van der Waals surface area contributed by atoms with E-state index in [1.807, 2.05) is 83.7 Å². The average Bonchev–Trinajstić information content (AvgIpc) is 3.83. The van der Waals surface area contributed by atoms with Crippen molar-refractivity contribution in [3.8, 4) is 22.5 Å². The fourth-order valence-electron chi connectivity index (χ4n) is 8.93. The molecule has 4 saturated heterocycles. The second-order valence-corrected chi connectivity index (χ2v) is 15.8. The Kier molecular flexibility index (Phi) is 10.9. The van der Waals surface area contributed by atoms with Gasteiger partial charge >= 0.3 is 12.1 Å². The second-order valence-electron chi connectivity index (χ2n) is 15.8. The Hall–Kier alpha value is -5.05. The van der Waals surface area contributed by atoms with Gasteiger partial charge in [0, 0.05) is 87.3 Å². The molecular formula is C42H51ClN10O4. The van der Waals surface area contributed by atoms with Crippen molar-refractivity contribution < 1.29 is 19.1 Å². The molecule has 4 aromatic heterocycles. The van der Waals surface area contributed by atoms with Gasteiger partial charge < -0.3 is 29.1 Å². The summed E-state index contributed by atoms with van der Waals surface area (Å²) in [5, 5.41) is 0. The molecule has 0 N–H and O–H groups in total. The molecule has 4 bridgehead atoms. The van der Waals surface area contributed by atoms with Gasteiger partial charge in [0.15, 0.2) is 11.6 Å². The third-order valence-corrected chi connectivity index (χ3v) is 11.7. The van der Waals surface area contributed by atoms with E-state index in [4.69, 9.17) is 19.4 Å². The van der Waals surface area contributed by atoms with Crippen molar-refractivity contribution in [2.24, 2.45) is 0 Å². The topological polar surface area (TPSA) is 124 Å². The number of hydrogen-bond donors (Lipinski definition) is 0. The van der Waals surface area contributed by atoms with Gasteiger partial charge in [-0.15, -0.1) is 12.4 Å². The van der Waals surface area contributed by atoms with E-state index in [1.54, 1.807) is 12.4 Å². The number of anilines is 4. The highest BCUT2D eigenvalue weighted by atomic mass is 35.5. The van der Waals surface area contributed by atoms with Crippen molar-refractivity contribution in [1.82, 2.24) is 29.7 Å². The van der Waals surface area contributed by atoms with Crippen LogP contribution in [0.4, 0.5) is 32.6 Å². The minimum atomic E-state index is 0. The van der Waals surface area contributed by atoms with E-state index >= 15 is 0 Å². The number of ether oxygens (including phenoxy) is 2. The summed E-state index contributed by atoms with van der Waals surface area (Å²) in [6.45, 7) is 15.4. The molecule has 6 aliphatic rings. The molecule has 6 aliphatic heterocycles. The zero-order valence-corrected chi connectivity index (χ0v) is 33.9. The molecule has 10 heterocycles. The number of aryl methyl sites for hydroxylation is 2. The number of fused-ring (bicyclic) bond motifs is 8. The molecule has 0 aromatic carbocycles. The first-order valence-electron chi connectivity index (χ1n) is 20.0. The van der Waals surface area contributed by atoms with Crippen molar-refractivity contribution in [3.63, 3.8) is 0 Å². The first kappa shape index (κ1) is 38.8. The lowest BCUT2D eigenvalue weighted by molar-refractivity contribution is -0.00267. The Morgan fingerprint density at radius 3 is 1.46 bits per heavy atom. The third kappa shape index (κ3) is 7.58. The highest BCUT2D eigenvalue weighted by molar-refractivity contribution is 5.98. The summed E-state index contributed by atoms with van der Waals surface area (Å²) in [5.41, 5.74) is 7.81. The summed E-state index contributed by atoms with van der Waals surface area (Å²) in [6, 6.07) is 16.8. The molecule has 0 spiro atoms. The number of carbonyl (C=O) groups excluding carboxylic acids is 2. The van der Waals surface area contributed by atoms with Gasteiger partial charge in [0.25, 0.3) is 0 Å². The van der Waals surface area contributed by atoms with Gasteiger partial charge in [0.1, 0.15) is 0 Å². The van der Waals surface area contributed by atoms with E-state index in [-0.39, 0.29) is 48.8 Å². The summed E-state index contributed by atoms with van der Waals surface area (Å²) in [6.07, 6.45) is 5.70.